The number of piperidine rings is 1. The van der Waals surface area contributed by atoms with Gasteiger partial charge in [0.1, 0.15) is 5.82 Å². The zero-order valence-corrected chi connectivity index (χ0v) is 9.35. The van der Waals surface area contributed by atoms with Gasteiger partial charge in [0.05, 0.1) is 0 Å². The molecular weight excluding hydrogens is 204 g/mol. The van der Waals surface area contributed by atoms with Crippen LogP contribution in [-0.2, 0) is 4.79 Å². The summed E-state index contributed by atoms with van der Waals surface area (Å²) in [5, 5.41) is 0. The molecule has 0 atom stereocenters. The van der Waals surface area contributed by atoms with Gasteiger partial charge in [0.25, 0.3) is 0 Å². The maximum atomic E-state index is 11.6. The second-order valence-corrected chi connectivity index (χ2v) is 4.17. The summed E-state index contributed by atoms with van der Waals surface area (Å²) in [6, 6.07) is 0. The van der Waals surface area contributed by atoms with E-state index in [0.717, 1.165) is 31.8 Å². The number of carbonyl (C=O) groups excluding carboxylic acids is 1. The molecule has 16 heavy (non-hydrogen) atoms. The van der Waals surface area contributed by atoms with Crippen LogP contribution in [0.3, 0.4) is 0 Å². The Hall–Kier alpha value is -1.36. The maximum absolute atomic E-state index is 11.6. The number of hydrogen-bond donors (Lipinski definition) is 2. The van der Waals surface area contributed by atoms with Crippen LogP contribution >= 0.6 is 0 Å². The van der Waals surface area contributed by atoms with Gasteiger partial charge in [-0.05, 0) is 12.8 Å². The quantitative estimate of drug-likeness (QED) is 0.780. The highest BCUT2D eigenvalue weighted by atomic mass is 16.2. The molecule has 1 aliphatic rings. The van der Waals surface area contributed by atoms with E-state index in [1.165, 1.54) is 0 Å². The summed E-state index contributed by atoms with van der Waals surface area (Å²) in [4.78, 5) is 20.9. The Balaban J connectivity index is 1.85. The third-order valence-electron chi connectivity index (χ3n) is 3.11. The lowest BCUT2D eigenvalue weighted by Gasteiger charge is -2.31. The molecule has 1 aliphatic heterocycles. The standard InChI is InChI=1S/C11H18N4O/c12-4-1-10(16)15-7-2-9(3-8-15)11-13-5-6-14-11/h5-6,9H,1-4,7-8,12H2,(H,13,14). The molecule has 0 aromatic carbocycles. The molecular formula is C11H18N4O. The van der Waals surface area contributed by atoms with E-state index in [1.807, 2.05) is 11.1 Å². The summed E-state index contributed by atoms with van der Waals surface area (Å²) < 4.78 is 0. The van der Waals surface area contributed by atoms with E-state index in [4.69, 9.17) is 5.73 Å². The van der Waals surface area contributed by atoms with Crippen molar-refractivity contribution in [3.8, 4) is 0 Å². The van der Waals surface area contributed by atoms with Crippen LogP contribution in [0.2, 0.25) is 0 Å². The van der Waals surface area contributed by atoms with E-state index in [2.05, 4.69) is 9.97 Å². The Bertz CT molecular complexity index is 328. The second kappa shape index (κ2) is 5.12. The lowest BCUT2D eigenvalue weighted by atomic mass is 9.96. The predicted octanol–water partition coefficient (Wildman–Crippen LogP) is 0.464. The topological polar surface area (TPSA) is 75.0 Å². The van der Waals surface area contributed by atoms with E-state index in [9.17, 15) is 4.79 Å². The summed E-state index contributed by atoms with van der Waals surface area (Å²) in [5.74, 6) is 1.70. The maximum Gasteiger partial charge on any atom is 0.223 e. The van der Waals surface area contributed by atoms with E-state index in [-0.39, 0.29) is 5.91 Å². The molecule has 88 valence electrons. The van der Waals surface area contributed by atoms with Crippen molar-refractivity contribution in [2.24, 2.45) is 5.73 Å². The van der Waals surface area contributed by atoms with Gasteiger partial charge in [-0.1, -0.05) is 0 Å². The van der Waals surface area contributed by atoms with Gasteiger partial charge in [-0.2, -0.15) is 0 Å². The summed E-state index contributed by atoms with van der Waals surface area (Å²) in [5.41, 5.74) is 5.38. The molecule has 0 aliphatic carbocycles. The Morgan fingerprint density at radius 2 is 2.31 bits per heavy atom. The molecule has 2 rings (SSSR count). The number of likely N-dealkylation sites (tertiary alicyclic amines) is 1. The van der Waals surface area contributed by atoms with Crippen molar-refractivity contribution in [2.45, 2.75) is 25.2 Å². The number of rotatable bonds is 3. The predicted molar refractivity (Wildman–Crippen MR) is 60.8 cm³/mol. The van der Waals surface area contributed by atoms with Crippen LogP contribution in [0.25, 0.3) is 0 Å². The molecule has 5 heteroatoms. The first kappa shape index (κ1) is 11.1. The SMILES string of the molecule is NCCC(=O)N1CCC(c2ncc[nH]2)CC1. The molecule has 0 unspecified atom stereocenters. The minimum Gasteiger partial charge on any atom is -0.348 e. The van der Waals surface area contributed by atoms with Crippen LogP contribution in [0.4, 0.5) is 0 Å². The van der Waals surface area contributed by atoms with Crippen molar-refractivity contribution in [3.05, 3.63) is 18.2 Å². The molecule has 0 bridgehead atoms. The molecule has 3 N–H and O–H groups in total. The largest absolute Gasteiger partial charge is 0.348 e. The molecule has 0 radical (unpaired) electrons. The van der Waals surface area contributed by atoms with Crippen molar-refractivity contribution in [2.75, 3.05) is 19.6 Å². The molecule has 0 spiro atoms. The fraction of sp³-hybridized carbons (Fsp3) is 0.636. The molecule has 1 aromatic heterocycles. The first-order valence-corrected chi connectivity index (χ1v) is 5.78. The van der Waals surface area contributed by atoms with E-state index in [0.29, 0.717) is 18.9 Å². The average molecular weight is 222 g/mol. The zero-order valence-electron chi connectivity index (χ0n) is 9.35. The molecule has 1 saturated heterocycles. The van der Waals surface area contributed by atoms with Crippen LogP contribution in [0.15, 0.2) is 12.4 Å². The molecule has 0 saturated carbocycles. The van der Waals surface area contributed by atoms with Gasteiger partial charge in [0, 0.05) is 44.4 Å². The van der Waals surface area contributed by atoms with Crippen LogP contribution < -0.4 is 5.73 Å². The number of amides is 1. The Morgan fingerprint density at radius 3 is 2.88 bits per heavy atom. The molecule has 1 fully saturated rings. The van der Waals surface area contributed by atoms with Crippen LogP contribution in [-0.4, -0.2) is 40.4 Å². The van der Waals surface area contributed by atoms with E-state index >= 15 is 0 Å². The van der Waals surface area contributed by atoms with E-state index < -0.39 is 0 Å². The smallest absolute Gasteiger partial charge is 0.223 e. The van der Waals surface area contributed by atoms with E-state index in [1.54, 1.807) is 6.20 Å². The van der Waals surface area contributed by atoms with Crippen molar-refractivity contribution in [1.82, 2.24) is 14.9 Å². The second-order valence-electron chi connectivity index (χ2n) is 4.17. The normalized spacial score (nSPS) is 17.7. The number of imidazole rings is 1. The van der Waals surface area contributed by atoms with Crippen molar-refractivity contribution >= 4 is 5.91 Å². The lowest BCUT2D eigenvalue weighted by Crippen LogP contribution is -2.38. The summed E-state index contributed by atoms with van der Waals surface area (Å²) in [6.45, 7) is 2.09. The molecule has 1 amide bonds. The van der Waals surface area contributed by atoms with Crippen LogP contribution in [0.1, 0.15) is 31.0 Å². The van der Waals surface area contributed by atoms with Crippen molar-refractivity contribution < 1.29 is 4.79 Å². The fourth-order valence-corrected chi connectivity index (χ4v) is 2.18. The fourth-order valence-electron chi connectivity index (χ4n) is 2.18. The molecule has 5 nitrogen and oxygen atoms in total. The molecule has 2 heterocycles. The number of nitrogens with one attached hydrogen (secondary N) is 1. The first-order chi connectivity index (χ1) is 7.81. The van der Waals surface area contributed by atoms with Crippen molar-refractivity contribution in [3.63, 3.8) is 0 Å². The summed E-state index contributed by atoms with van der Waals surface area (Å²) >= 11 is 0. The number of aromatic amines is 1. The van der Waals surface area contributed by atoms with Gasteiger partial charge < -0.3 is 15.6 Å². The highest BCUT2D eigenvalue weighted by Crippen LogP contribution is 2.25. The average Bonchev–Trinajstić information content (AvgIpc) is 2.83. The highest BCUT2D eigenvalue weighted by Gasteiger charge is 2.24. The third kappa shape index (κ3) is 2.41. The van der Waals surface area contributed by atoms with Gasteiger partial charge >= 0.3 is 0 Å². The number of carbonyl (C=O) groups is 1. The minimum absolute atomic E-state index is 0.181. The Kier molecular flexibility index (Phi) is 3.56. The Morgan fingerprint density at radius 1 is 1.56 bits per heavy atom. The number of nitrogens with zero attached hydrogens (tertiary/aromatic N) is 2. The van der Waals surface area contributed by atoms with Crippen molar-refractivity contribution in [1.29, 1.82) is 0 Å². The Labute approximate surface area is 95.0 Å². The number of H-pyrrole nitrogens is 1. The minimum atomic E-state index is 0.181. The number of nitrogens with two attached hydrogens (primary N) is 1. The van der Waals surface area contributed by atoms with Crippen LogP contribution in [0.5, 0.6) is 0 Å². The monoisotopic (exact) mass is 222 g/mol. The molecule has 1 aromatic rings. The van der Waals surface area contributed by atoms with Gasteiger partial charge in [-0.25, -0.2) is 4.98 Å². The summed E-state index contributed by atoms with van der Waals surface area (Å²) in [6.07, 6.45) is 6.07. The number of aromatic nitrogens is 2. The lowest BCUT2D eigenvalue weighted by molar-refractivity contribution is -0.132. The third-order valence-corrected chi connectivity index (χ3v) is 3.11. The first-order valence-electron chi connectivity index (χ1n) is 5.78. The van der Waals surface area contributed by atoms with Gasteiger partial charge in [0.2, 0.25) is 5.91 Å². The van der Waals surface area contributed by atoms with Gasteiger partial charge in [0.15, 0.2) is 0 Å². The number of hydrogen-bond acceptors (Lipinski definition) is 3. The summed E-state index contributed by atoms with van der Waals surface area (Å²) in [7, 11) is 0. The van der Waals surface area contributed by atoms with Crippen LogP contribution in [0, 0.1) is 0 Å². The zero-order chi connectivity index (χ0) is 11.4. The van der Waals surface area contributed by atoms with Gasteiger partial charge in [-0.15, -0.1) is 0 Å². The highest BCUT2D eigenvalue weighted by molar-refractivity contribution is 5.76. The van der Waals surface area contributed by atoms with Gasteiger partial charge in [-0.3, -0.25) is 4.79 Å².